The van der Waals surface area contributed by atoms with Gasteiger partial charge >= 0.3 is 0 Å². The molecule has 28 heavy (non-hydrogen) atoms. The zero-order valence-corrected chi connectivity index (χ0v) is 16.5. The van der Waals surface area contributed by atoms with Crippen LogP contribution in [0.1, 0.15) is 0 Å². The average molecular weight is 383 g/mol. The number of hydrogen-bond acceptors (Lipinski definition) is 6. The molecular formula is C22H29N3O3. The molecule has 0 radical (unpaired) electrons. The molecule has 0 aliphatic carbocycles. The fourth-order valence-electron chi connectivity index (χ4n) is 3.77. The highest BCUT2D eigenvalue weighted by atomic mass is 16.6. The number of hydrogen-bond donors (Lipinski definition) is 1. The van der Waals surface area contributed by atoms with Gasteiger partial charge in [-0.05, 0) is 24.3 Å². The molecule has 1 saturated heterocycles. The standard InChI is InChI=1S/C22H29N3O3/c1-26-20-7-3-2-6-19(20)25-14-12-24(13-15-25)11-10-23-16-18-17-27-21-8-4-5-9-22(21)28-18/h2-9,18,23H,10-17H2,1H3. The molecule has 2 heterocycles. The number of para-hydroxylation sites is 4. The van der Waals surface area contributed by atoms with Gasteiger partial charge in [0.15, 0.2) is 11.5 Å². The van der Waals surface area contributed by atoms with Crippen LogP contribution in [-0.2, 0) is 0 Å². The topological polar surface area (TPSA) is 46.2 Å². The molecule has 4 rings (SSSR count). The highest BCUT2D eigenvalue weighted by Crippen LogP contribution is 2.30. The summed E-state index contributed by atoms with van der Waals surface area (Å²) in [7, 11) is 1.74. The van der Waals surface area contributed by atoms with Gasteiger partial charge in [0.05, 0.1) is 12.8 Å². The SMILES string of the molecule is COc1ccccc1N1CCN(CCNCC2COc3ccccc3O2)CC1. The molecule has 1 unspecified atom stereocenters. The van der Waals surface area contributed by atoms with E-state index in [-0.39, 0.29) is 6.10 Å². The van der Waals surface area contributed by atoms with Crippen molar-refractivity contribution in [3.63, 3.8) is 0 Å². The maximum Gasteiger partial charge on any atom is 0.161 e. The first-order valence-electron chi connectivity index (χ1n) is 10.0. The maximum absolute atomic E-state index is 5.99. The summed E-state index contributed by atoms with van der Waals surface area (Å²) in [5, 5.41) is 3.51. The lowest BCUT2D eigenvalue weighted by atomic mass is 10.2. The molecule has 0 saturated carbocycles. The van der Waals surface area contributed by atoms with Crippen molar-refractivity contribution >= 4 is 5.69 Å². The van der Waals surface area contributed by atoms with Gasteiger partial charge in [0.25, 0.3) is 0 Å². The van der Waals surface area contributed by atoms with Crippen LogP contribution < -0.4 is 24.4 Å². The fourth-order valence-corrected chi connectivity index (χ4v) is 3.77. The first-order chi connectivity index (χ1) is 13.8. The maximum atomic E-state index is 5.99. The average Bonchev–Trinajstić information content (AvgIpc) is 2.77. The van der Waals surface area contributed by atoms with E-state index in [9.17, 15) is 0 Å². The molecule has 6 heteroatoms. The number of nitrogens with zero attached hydrogens (tertiary/aromatic N) is 2. The quantitative estimate of drug-likeness (QED) is 0.740. The number of methoxy groups -OCH3 is 1. The normalized spacial score (nSPS) is 19.5. The molecule has 0 amide bonds. The van der Waals surface area contributed by atoms with Gasteiger partial charge in [-0.2, -0.15) is 0 Å². The van der Waals surface area contributed by atoms with Crippen LogP contribution in [0.2, 0.25) is 0 Å². The van der Waals surface area contributed by atoms with E-state index in [0.29, 0.717) is 6.61 Å². The summed E-state index contributed by atoms with van der Waals surface area (Å²) in [6.07, 6.45) is 0.0669. The second-order valence-corrected chi connectivity index (χ2v) is 7.20. The second kappa shape index (κ2) is 9.17. The number of ether oxygens (including phenoxy) is 3. The largest absolute Gasteiger partial charge is 0.495 e. The third-order valence-electron chi connectivity index (χ3n) is 5.34. The van der Waals surface area contributed by atoms with Gasteiger partial charge < -0.3 is 24.4 Å². The Hall–Kier alpha value is -2.44. The van der Waals surface area contributed by atoms with Crippen molar-refractivity contribution in [2.24, 2.45) is 0 Å². The van der Waals surface area contributed by atoms with Gasteiger partial charge in [0.2, 0.25) is 0 Å². The minimum absolute atomic E-state index is 0.0669. The summed E-state index contributed by atoms with van der Waals surface area (Å²) in [5.74, 6) is 2.63. The van der Waals surface area contributed by atoms with Gasteiger partial charge in [-0.1, -0.05) is 24.3 Å². The van der Waals surface area contributed by atoms with Crippen molar-refractivity contribution in [1.82, 2.24) is 10.2 Å². The molecule has 0 aromatic heterocycles. The van der Waals surface area contributed by atoms with Gasteiger partial charge in [0, 0.05) is 45.8 Å². The Labute approximate surface area is 167 Å². The van der Waals surface area contributed by atoms with Crippen LogP contribution in [0.5, 0.6) is 17.2 Å². The van der Waals surface area contributed by atoms with Gasteiger partial charge in [0.1, 0.15) is 18.5 Å². The van der Waals surface area contributed by atoms with Crippen LogP contribution in [0.15, 0.2) is 48.5 Å². The van der Waals surface area contributed by atoms with Crippen molar-refractivity contribution in [3.05, 3.63) is 48.5 Å². The number of benzene rings is 2. The third-order valence-corrected chi connectivity index (χ3v) is 5.34. The van der Waals surface area contributed by atoms with E-state index >= 15 is 0 Å². The summed E-state index contributed by atoms with van der Waals surface area (Å²) in [5.41, 5.74) is 1.19. The molecule has 2 aromatic carbocycles. The Morgan fingerprint density at radius 2 is 1.75 bits per heavy atom. The third kappa shape index (κ3) is 4.51. The molecule has 0 bridgehead atoms. The lowest BCUT2D eigenvalue weighted by Crippen LogP contribution is -2.49. The van der Waals surface area contributed by atoms with Crippen molar-refractivity contribution in [2.75, 3.05) is 64.4 Å². The molecular weight excluding hydrogens is 354 g/mol. The van der Waals surface area contributed by atoms with Gasteiger partial charge in [-0.3, -0.25) is 4.90 Å². The Morgan fingerprint density at radius 1 is 1.00 bits per heavy atom. The number of fused-ring (bicyclic) bond motifs is 1. The van der Waals surface area contributed by atoms with Crippen LogP contribution >= 0.6 is 0 Å². The van der Waals surface area contributed by atoms with E-state index < -0.39 is 0 Å². The number of nitrogens with one attached hydrogen (secondary N) is 1. The Bertz CT molecular complexity index is 762. The number of piperazine rings is 1. The van der Waals surface area contributed by atoms with Crippen molar-refractivity contribution < 1.29 is 14.2 Å². The summed E-state index contributed by atoms with van der Waals surface area (Å²) in [4.78, 5) is 4.92. The summed E-state index contributed by atoms with van der Waals surface area (Å²) in [6.45, 7) is 7.58. The van der Waals surface area contributed by atoms with E-state index in [4.69, 9.17) is 14.2 Å². The molecule has 1 atom stereocenters. The van der Waals surface area contributed by atoms with E-state index in [1.807, 2.05) is 36.4 Å². The van der Waals surface area contributed by atoms with Crippen molar-refractivity contribution in [1.29, 1.82) is 0 Å². The molecule has 0 spiro atoms. The highest BCUT2D eigenvalue weighted by Gasteiger charge is 2.21. The summed E-state index contributed by atoms with van der Waals surface area (Å²) < 4.78 is 17.3. The van der Waals surface area contributed by atoms with Crippen LogP contribution in [0.3, 0.4) is 0 Å². The van der Waals surface area contributed by atoms with E-state index in [2.05, 4.69) is 27.2 Å². The van der Waals surface area contributed by atoms with Crippen LogP contribution in [0.25, 0.3) is 0 Å². The van der Waals surface area contributed by atoms with E-state index in [1.165, 1.54) is 5.69 Å². The summed E-state index contributed by atoms with van der Waals surface area (Å²) >= 11 is 0. The Morgan fingerprint density at radius 3 is 2.57 bits per heavy atom. The first-order valence-corrected chi connectivity index (χ1v) is 10.0. The van der Waals surface area contributed by atoms with E-state index in [0.717, 1.165) is 63.1 Å². The monoisotopic (exact) mass is 383 g/mol. The smallest absolute Gasteiger partial charge is 0.161 e. The molecule has 6 nitrogen and oxygen atoms in total. The minimum atomic E-state index is 0.0669. The zero-order chi connectivity index (χ0) is 19.2. The molecule has 2 aliphatic rings. The van der Waals surface area contributed by atoms with E-state index in [1.54, 1.807) is 7.11 Å². The lowest BCUT2D eigenvalue weighted by molar-refractivity contribution is 0.0898. The molecule has 1 N–H and O–H groups in total. The molecule has 150 valence electrons. The van der Waals surface area contributed by atoms with Crippen LogP contribution in [0, 0.1) is 0 Å². The zero-order valence-electron chi connectivity index (χ0n) is 16.5. The highest BCUT2D eigenvalue weighted by molar-refractivity contribution is 5.58. The van der Waals surface area contributed by atoms with Crippen molar-refractivity contribution in [2.45, 2.75) is 6.10 Å². The van der Waals surface area contributed by atoms with Crippen LogP contribution in [-0.4, -0.2) is 70.5 Å². The lowest BCUT2D eigenvalue weighted by Gasteiger charge is -2.36. The number of anilines is 1. The molecule has 2 aliphatic heterocycles. The summed E-state index contributed by atoms with van der Waals surface area (Å²) in [6, 6.07) is 16.1. The van der Waals surface area contributed by atoms with Gasteiger partial charge in [-0.15, -0.1) is 0 Å². The Balaban J connectivity index is 1.16. The van der Waals surface area contributed by atoms with Crippen molar-refractivity contribution in [3.8, 4) is 17.2 Å². The molecule has 1 fully saturated rings. The minimum Gasteiger partial charge on any atom is -0.495 e. The molecule has 2 aromatic rings. The Kier molecular flexibility index (Phi) is 6.19. The van der Waals surface area contributed by atoms with Gasteiger partial charge in [-0.25, -0.2) is 0 Å². The van der Waals surface area contributed by atoms with Crippen LogP contribution in [0.4, 0.5) is 5.69 Å². The predicted octanol–water partition coefficient (Wildman–Crippen LogP) is 2.25. The second-order valence-electron chi connectivity index (χ2n) is 7.20. The predicted molar refractivity (Wildman–Crippen MR) is 111 cm³/mol. The first kappa shape index (κ1) is 18.9. The number of rotatable bonds is 7. The fraction of sp³-hybridized carbons (Fsp3) is 0.455.